The molecule has 32 heavy (non-hydrogen) atoms. The van der Waals surface area contributed by atoms with E-state index in [-0.39, 0.29) is 11.9 Å². The van der Waals surface area contributed by atoms with E-state index < -0.39 is 0 Å². The average molecular weight is 452 g/mol. The molecule has 2 aliphatic rings. The smallest absolute Gasteiger partial charge is 0.263 e. The molecule has 3 N–H and O–H groups in total. The quantitative estimate of drug-likeness (QED) is 0.618. The van der Waals surface area contributed by atoms with Crippen LogP contribution in [0.15, 0.2) is 24.3 Å². The molecule has 1 fully saturated rings. The Morgan fingerprint density at radius 3 is 3.00 bits per heavy atom. The summed E-state index contributed by atoms with van der Waals surface area (Å²) in [6, 6.07) is 8.25. The van der Waals surface area contributed by atoms with Crippen molar-refractivity contribution in [1.82, 2.24) is 15.3 Å². The average Bonchev–Trinajstić information content (AvgIpc) is 3.38. The van der Waals surface area contributed by atoms with Crippen LogP contribution in [0.2, 0.25) is 0 Å². The first kappa shape index (κ1) is 21.2. The standard InChI is InChI=1S/C24H29N5O2S/c1-14-3-6-18-21(25)22(32-24(18)26-14)23(30)27-17-5-7-19-16(11-17)4-8-20(28-19)29-10-9-15(12-29)13-31-2/h3-4,6,8,15,17H,5,7,9-13,25H2,1-2H3,(H,27,30). The van der Waals surface area contributed by atoms with Gasteiger partial charge in [-0.1, -0.05) is 6.07 Å². The van der Waals surface area contributed by atoms with Crippen molar-refractivity contribution in [2.24, 2.45) is 5.92 Å². The maximum atomic E-state index is 13.0. The minimum Gasteiger partial charge on any atom is -0.397 e. The predicted molar refractivity (Wildman–Crippen MR) is 128 cm³/mol. The molecule has 2 unspecified atom stereocenters. The number of fused-ring (bicyclic) bond motifs is 2. The van der Waals surface area contributed by atoms with E-state index in [1.54, 1.807) is 7.11 Å². The Morgan fingerprint density at radius 1 is 1.28 bits per heavy atom. The number of anilines is 2. The number of amides is 1. The Kier molecular flexibility index (Phi) is 5.73. The van der Waals surface area contributed by atoms with E-state index in [2.05, 4.69) is 27.3 Å². The number of carbonyl (C=O) groups excluding carboxylic acids is 1. The van der Waals surface area contributed by atoms with Crippen LogP contribution in [0.1, 0.15) is 39.5 Å². The van der Waals surface area contributed by atoms with Gasteiger partial charge in [0.05, 0.1) is 12.3 Å². The van der Waals surface area contributed by atoms with E-state index in [4.69, 9.17) is 15.5 Å². The predicted octanol–water partition coefficient (Wildman–Crippen LogP) is 3.34. The molecule has 0 bridgehead atoms. The van der Waals surface area contributed by atoms with Crippen molar-refractivity contribution >= 4 is 39.0 Å². The zero-order chi connectivity index (χ0) is 22.2. The highest BCUT2D eigenvalue weighted by Gasteiger charge is 2.27. The molecule has 2 atom stereocenters. The number of methoxy groups -OCH3 is 1. The van der Waals surface area contributed by atoms with Gasteiger partial charge in [-0.2, -0.15) is 0 Å². The fourth-order valence-electron chi connectivity index (χ4n) is 4.82. The number of nitrogens with two attached hydrogens (primary N) is 1. The van der Waals surface area contributed by atoms with Gasteiger partial charge in [-0.05, 0) is 56.4 Å². The Morgan fingerprint density at radius 2 is 2.16 bits per heavy atom. The second kappa shape index (κ2) is 8.67. The Balaban J connectivity index is 1.26. The van der Waals surface area contributed by atoms with E-state index in [0.717, 1.165) is 72.8 Å². The van der Waals surface area contributed by atoms with Gasteiger partial charge >= 0.3 is 0 Å². The lowest BCUT2D eigenvalue weighted by atomic mass is 9.91. The highest BCUT2D eigenvalue weighted by Crippen LogP contribution is 2.33. The second-order valence-corrected chi connectivity index (χ2v) is 9.89. The Bertz CT molecular complexity index is 1160. The first-order chi connectivity index (χ1) is 15.5. The van der Waals surface area contributed by atoms with E-state index in [0.29, 0.717) is 16.5 Å². The molecule has 3 aromatic rings. The van der Waals surface area contributed by atoms with Crippen LogP contribution in [0.4, 0.5) is 11.5 Å². The van der Waals surface area contributed by atoms with Crippen LogP contribution < -0.4 is 16.0 Å². The van der Waals surface area contributed by atoms with Crippen LogP contribution in [0.3, 0.4) is 0 Å². The third kappa shape index (κ3) is 4.04. The number of carbonyl (C=O) groups is 1. The van der Waals surface area contributed by atoms with Crippen molar-refractivity contribution in [3.8, 4) is 0 Å². The van der Waals surface area contributed by atoms with Gasteiger partial charge in [0, 0.05) is 48.9 Å². The van der Waals surface area contributed by atoms with Gasteiger partial charge < -0.3 is 20.7 Å². The zero-order valence-corrected chi connectivity index (χ0v) is 19.4. The number of rotatable bonds is 5. The maximum Gasteiger partial charge on any atom is 0.263 e. The summed E-state index contributed by atoms with van der Waals surface area (Å²) in [5, 5.41) is 4.05. The summed E-state index contributed by atoms with van der Waals surface area (Å²) >= 11 is 1.37. The number of thiophene rings is 1. The number of aryl methyl sites for hydroxylation is 2. The van der Waals surface area contributed by atoms with Crippen LogP contribution in [-0.2, 0) is 17.6 Å². The molecule has 0 radical (unpaired) electrons. The lowest BCUT2D eigenvalue weighted by Crippen LogP contribution is -2.39. The largest absolute Gasteiger partial charge is 0.397 e. The van der Waals surface area contributed by atoms with Crippen LogP contribution in [0, 0.1) is 12.8 Å². The summed E-state index contributed by atoms with van der Waals surface area (Å²) in [7, 11) is 1.77. The van der Waals surface area contributed by atoms with Crippen molar-refractivity contribution in [3.05, 3.63) is 46.1 Å². The first-order valence-electron chi connectivity index (χ1n) is 11.2. The number of ether oxygens (including phenoxy) is 1. The number of nitrogens with one attached hydrogen (secondary N) is 1. The van der Waals surface area contributed by atoms with Crippen LogP contribution >= 0.6 is 11.3 Å². The van der Waals surface area contributed by atoms with Crippen molar-refractivity contribution in [2.75, 3.05) is 37.4 Å². The minimum atomic E-state index is -0.109. The monoisotopic (exact) mass is 451 g/mol. The molecule has 0 aromatic carbocycles. The molecule has 3 aromatic heterocycles. The molecular formula is C24H29N5O2S. The molecule has 7 nitrogen and oxygen atoms in total. The van der Waals surface area contributed by atoms with Crippen molar-refractivity contribution in [1.29, 1.82) is 0 Å². The summed E-state index contributed by atoms with van der Waals surface area (Å²) in [5.74, 6) is 1.53. The number of aromatic nitrogens is 2. The van der Waals surface area contributed by atoms with Gasteiger partial charge in [0.2, 0.25) is 0 Å². The molecule has 8 heteroatoms. The lowest BCUT2D eigenvalue weighted by molar-refractivity contribution is 0.0938. The Hall–Kier alpha value is -2.71. The fourth-order valence-corrected chi connectivity index (χ4v) is 5.86. The maximum absolute atomic E-state index is 13.0. The van der Waals surface area contributed by atoms with Gasteiger partial charge in [-0.3, -0.25) is 4.79 Å². The zero-order valence-electron chi connectivity index (χ0n) is 18.6. The molecule has 1 amide bonds. The summed E-state index contributed by atoms with van der Waals surface area (Å²) < 4.78 is 5.31. The highest BCUT2D eigenvalue weighted by atomic mass is 32.1. The van der Waals surface area contributed by atoms with E-state index >= 15 is 0 Å². The molecule has 5 rings (SSSR count). The SMILES string of the molecule is COCC1CCN(c2ccc3c(n2)CCC(NC(=O)c2sc4nc(C)ccc4c2N)C3)C1. The fraction of sp³-hybridized carbons (Fsp3) is 0.458. The topological polar surface area (TPSA) is 93.4 Å². The Labute approximate surface area is 192 Å². The number of hydrogen-bond acceptors (Lipinski definition) is 7. The summed E-state index contributed by atoms with van der Waals surface area (Å²) in [6.45, 7) is 4.78. The minimum absolute atomic E-state index is 0.0832. The highest BCUT2D eigenvalue weighted by molar-refractivity contribution is 7.21. The summed E-state index contributed by atoms with van der Waals surface area (Å²) in [4.78, 5) is 26.2. The normalized spacial score (nSPS) is 20.5. The van der Waals surface area contributed by atoms with Gasteiger partial charge in [-0.25, -0.2) is 9.97 Å². The molecule has 1 aliphatic carbocycles. The van der Waals surface area contributed by atoms with Gasteiger partial charge in [0.1, 0.15) is 15.5 Å². The van der Waals surface area contributed by atoms with Gasteiger partial charge in [-0.15, -0.1) is 11.3 Å². The molecule has 168 valence electrons. The van der Waals surface area contributed by atoms with Crippen molar-refractivity contribution in [3.63, 3.8) is 0 Å². The molecule has 4 heterocycles. The van der Waals surface area contributed by atoms with Crippen molar-refractivity contribution < 1.29 is 9.53 Å². The third-order valence-electron chi connectivity index (χ3n) is 6.54. The molecular weight excluding hydrogens is 422 g/mol. The number of hydrogen-bond donors (Lipinski definition) is 2. The van der Waals surface area contributed by atoms with Crippen LogP contribution in [0.5, 0.6) is 0 Å². The summed E-state index contributed by atoms with van der Waals surface area (Å²) in [6.07, 6.45) is 3.69. The molecule has 0 saturated carbocycles. The van der Waals surface area contributed by atoms with E-state index in [1.165, 1.54) is 16.9 Å². The lowest BCUT2D eigenvalue weighted by Gasteiger charge is -2.26. The van der Waals surface area contributed by atoms with E-state index in [1.807, 2.05) is 19.1 Å². The summed E-state index contributed by atoms with van der Waals surface area (Å²) in [5.41, 5.74) is 10.1. The van der Waals surface area contributed by atoms with Gasteiger partial charge in [0.15, 0.2) is 0 Å². The first-order valence-corrected chi connectivity index (χ1v) is 12.0. The van der Waals surface area contributed by atoms with E-state index in [9.17, 15) is 4.79 Å². The third-order valence-corrected chi connectivity index (χ3v) is 7.65. The van der Waals surface area contributed by atoms with Gasteiger partial charge in [0.25, 0.3) is 5.91 Å². The number of pyridine rings is 2. The molecule has 1 aliphatic heterocycles. The molecule has 0 spiro atoms. The number of nitrogen functional groups attached to an aromatic ring is 1. The second-order valence-electron chi connectivity index (χ2n) is 8.89. The van der Waals surface area contributed by atoms with Crippen LogP contribution in [-0.4, -0.2) is 48.7 Å². The molecule has 1 saturated heterocycles. The van der Waals surface area contributed by atoms with Crippen molar-refractivity contribution in [2.45, 2.75) is 38.6 Å². The number of nitrogens with zero attached hydrogens (tertiary/aromatic N) is 3. The van der Waals surface area contributed by atoms with Crippen LogP contribution in [0.25, 0.3) is 10.2 Å².